The molecular formula is C16H18N2O3. The van der Waals surface area contributed by atoms with Crippen LogP contribution in [0.1, 0.15) is 46.6 Å². The van der Waals surface area contributed by atoms with E-state index >= 15 is 0 Å². The predicted molar refractivity (Wildman–Crippen MR) is 79.8 cm³/mol. The number of hydrogen-bond acceptors (Lipinski definition) is 3. The van der Waals surface area contributed by atoms with Crippen LogP contribution in [0, 0.1) is 13.8 Å². The number of hydrogen-bond donors (Lipinski definition) is 1. The van der Waals surface area contributed by atoms with Crippen molar-refractivity contribution in [3.8, 4) is 0 Å². The van der Waals surface area contributed by atoms with Crippen molar-refractivity contribution in [1.82, 2.24) is 9.55 Å². The van der Waals surface area contributed by atoms with Crippen LogP contribution in [-0.4, -0.2) is 20.6 Å². The maximum Gasteiger partial charge on any atom is 0.341 e. The van der Waals surface area contributed by atoms with Crippen LogP contribution < -0.4 is 5.56 Å². The second-order valence-corrected chi connectivity index (χ2v) is 5.07. The number of carboxylic acids is 1. The third-order valence-electron chi connectivity index (χ3n) is 3.54. The average molecular weight is 286 g/mol. The molecule has 2 aromatic heterocycles. The van der Waals surface area contributed by atoms with Gasteiger partial charge in [-0.1, -0.05) is 6.92 Å². The average Bonchev–Trinajstić information content (AvgIpc) is 2.42. The molecule has 21 heavy (non-hydrogen) atoms. The van der Waals surface area contributed by atoms with Crippen molar-refractivity contribution in [2.75, 3.05) is 0 Å². The first-order valence-corrected chi connectivity index (χ1v) is 6.83. The van der Waals surface area contributed by atoms with Crippen LogP contribution in [0.15, 0.2) is 35.4 Å². The van der Waals surface area contributed by atoms with Crippen LogP contribution >= 0.6 is 0 Å². The first kappa shape index (κ1) is 15.0. The molecule has 0 aliphatic carbocycles. The predicted octanol–water partition coefficient (Wildman–Crippen LogP) is 2.56. The van der Waals surface area contributed by atoms with Crippen molar-refractivity contribution >= 4 is 5.97 Å². The first-order valence-electron chi connectivity index (χ1n) is 6.83. The van der Waals surface area contributed by atoms with Gasteiger partial charge in [0.05, 0.1) is 11.7 Å². The molecule has 2 heterocycles. The molecule has 2 rings (SSSR count). The fourth-order valence-corrected chi connectivity index (χ4v) is 2.44. The molecule has 0 radical (unpaired) electrons. The molecule has 2 aromatic rings. The van der Waals surface area contributed by atoms with Crippen molar-refractivity contribution in [1.29, 1.82) is 0 Å². The van der Waals surface area contributed by atoms with E-state index in [1.807, 2.05) is 26.0 Å². The second kappa shape index (κ2) is 5.91. The molecule has 0 spiro atoms. The number of aromatic nitrogens is 2. The normalized spacial score (nSPS) is 12.1. The molecule has 0 fully saturated rings. The van der Waals surface area contributed by atoms with E-state index in [0.717, 1.165) is 11.3 Å². The Labute approximate surface area is 122 Å². The van der Waals surface area contributed by atoms with Crippen LogP contribution in [0.25, 0.3) is 0 Å². The lowest BCUT2D eigenvalue weighted by Crippen LogP contribution is -2.30. The van der Waals surface area contributed by atoms with Crippen LogP contribution in [-0.2, 0) is 0 Å². The van der Waals surface area contributed by atoms with E-state index in [4.69, 9.17) is 0 Å². The monoisotopic (exact) mass is 286 g/mol. The highest BCUT2D eigenvalue weighted by atomic mass is 16.4. The van der Waals surface area contributed by atoms with Crippen molar-refractivity contribution in [2.45, 2.75) is 33.2 Å². The van der Waals surface area contributed by atoms with Gasteiger partial charge in [-0.25, -0.2) is 4.79 Å². The molecule has 1 atom stereocenters. The highest BCUT2D eigenvalue weighted by Gasteiger charge is 2.20. The van der Waals surface area contributed by atoms with Crippen LogP contribution in [0.3, 0.4) is 0 Å². The van der Waals surface area contributed by atoms with Gasteiger partial charge in [0.2, 0.25) is 0 Å². The second-order valence-electron chi connectivity index (χ2n) is 5.07. The molecule has 1 unspecified atom stereocenters. The Morgan fingerprint density at radius 2 is 2.10 bits per heavy atom. The van der Waals surface area contributed by atoms with Crippen molar-refractivity contribution < 1.29 is 9.90 Å². The number of carboxylic acid groups (broad SMARTS) is 1. The Balaban J connectivity index is 2.61. The molecule has 5 nitrogen and oxygen atoms in total. The summed E-state index contributed by atoms with van der Waals surface area (Å²) in [6.07, 6.45) is 3.99. The van der Waals surface area contributed by atoms with Gasteiger partial charge >= 0.3 is 5.97 Å². The molecule has 110 valence electrons. The number of aromatic carboxylic acids is 1. The topological polar surface area (TPSA) is 72.2 Å². The molecule has 1 N–H and O–H groups in total. The minimum absolute atomic E-state index is 0.177. The molecule has 0 aliphatic heterocycles. The molecule has 0 saturated carbocycles. The van der Waals surface area contributed by atoms with E-state index in [-0.39, 0.29) is 11.6 Å². The Hall–Kier alpha value is -2.43. The SMILES string of the molecule is CCC(c1cc(C)ccn1)n1ccc(C)c(C(=O)O)c1=O. The summed E-state index contributed by atoms with van der Waals surface area (Å²) in [5, 5.41) is 9.21. The summed E-state index contributed by atoms with van der Waals surface area (Å²) in [5.41, 5.74) is 1.62. The van der Waals surface area contributed by atoms with Crippen LogP contribution in [0.4, 0.5) is 0 Å². The zero-order valence-corrected chi connectivity index (χ0v) is 12.3. The standard InChI is InChI=1S/C16H18N2O3/c1-4-13(12-9-10(2)5-7-17-12)18-8-6-11(3)14(15(18)19)16(20)21/h5-9,13H,4H2,1-3H3,(H,20,21). The van der Waals surface area contributed by atoms with E-state index in [9.17, 15) is 14.7 Å². The highest BCUT2D eigenvalue weighted by molar-refractivity contribution is 5.88. The summed E-state index contributed by atoms with van der Waals surface area (Å²) < 4.78 is 1.46. The van der Waals surface area contributed by atoms with Crippen LogP contribution in [0.5, 0.6) is 0 Å². The maximum absolute atomic E-state index is 12.4. The molecule has 0 saturated heterocycles. The number of aryl methyl sites for hydroxylation is 2. The molecule has 0 amide bonds. The highest BCUT2D eigenvalue weighted by Crippen LogP contribution is 2.19. The number of nitrogens with zero attached hydrogens (tertiary/aromatic N) is 2. The summed E-state index contributed by atoms with van der Waals surface area (Å²) >= 11 is 0. The van der Waals surface area contributed by atoms with Gasteiger partial charge in [0, 0.05) is 12.4 Å². The Morgan fingerprint density at radius 3 is 2.67 bits per heavy atom. The summed E-state index contributed by atoms with van der Waals surface area (Å²) in [6, 6.07) is 5.19. The van der Waals surface area contributed by atoms with Gasteiger partial charge in [0.25, 0.3) is 5.56 Å². The molecular weight excluding hydrogens is 268 g/mol. The molecule has 5 heteroatoms. The summed E-state index contributed by atoms with van der Waals surface area (Å²) in [6.45, 7) is 5.53. The van der Waals surface area contributed by atoms with Gasteiger partial charge in [-0.05, 0) is 49.6 Å². The summed E-state index contributed by atoms with van der Waals surface area (Å²) in [4.78, 5) is 28.0. The quantitative estimate of drug-likeness (QED) is 0.937. The molecule has 0 aliphatic rings. The first-order chi connectivity index (χ1) is 9.95. The summed E-state index contributed by atoms with van der Waals surface area (Å²) in [7, 11) is 0. The minimum Gasteiger partial charge on any atom is -0.477 e. The number of rotatable bonds is 4. The Kier molecular flexibility index (Phi) is 4.21. The number of pyridine rings is 2. The zero-order chi connectivity index (χ0) is 15.6. The molecule has 0 bridgehead atoms. The van der Waals surface area contributed by atoms with E-state index in [1.54, 1.807) is 25.4 Å². The van der Waals surface area contributed by atoms with E-state index in [1.165, 1.54) is 4.57 Å². The molecule has 0 aromatic carbocycles. The van der Waals surface area contributed by atoms with Gasteiger partial charge in [0.15, 0.2) is 0 Å². The van der Waals surface area contributed by atoms with E-state index < -0.39 is 11.5 Å². The largest absolute Gasteiger partial charge is 0.477 e. The Bertz CT molecular complexity index is 735. The van der Waals surface area contributed by atoms with Crippen molar-refractivity contribution in [3.63, 3.8) is 0 Å². The lowest BCUT2D eigenvalue weighted by molar-refractivity contribution is 0.0693. The van der Waals surface area contributed by atoms with Crippen LogP contribution in [0.2, 0.25) is 0 Å². The third kappa shape index (κ3) is 2.86. The van der Waals surface area contributed by atoms with Crippen molar-refractivity contribution in [2.24, 2.45) is 0 Å². The smallest absolute Gasteiger partial charge is 0.341 e. The van der Waals surface area contributed by atoms with Gasteiger partial charge in [-0.15, -0.1) is 0 Å². The third-order valence-corrected chi connectivity index (χ3v) is 3.54. The maximum atomic E-state index is 12.4. The van der Waals surface area contributed by atoms with E-state index in [2.05, 4.69) is 4.98 Å². The van der Waals surface area contributed by atoms with Gasteiger partial charge in [-0.2, -0.15) is 0 Å². The van der Waals surface area contributed by atoms with E-state index in [0.29, 0.717) is 12.0 Å². The fourth-order valence-electron chi connectivity index (χ4n) is 2.44. The lowest BCUT2D eigenvalue weighted by Gasteiger charge is -2.19. The van der Waals surface area contributed by atoms with Gasteiger partial charge in [-0.3, -0.25) is 9.78 Å². The zero-order valence-electron chi connectivity index (χ0n) is 12.3. The van der Waals surface area contributed by atoms with Gasteiger partial charge < -0.3 is 9.67 Å². The minimum atomic E-state index is -1.20. The fraction of sp³-hybridized carbons (Fsp3) is 0.312. The van der Waals surface area contributed by atoms with Crippen molar-refractivity contribution in [3.05, 3.63) is 63.3 Å². The number of carbonyl (C=O) groups is 1. The van der Waals surface area contributed by atoms with Gasteiger partial charge in [0.1, 0.15) is 5.56 Å². The summed E-state index contributed by atoms with van der Waals surface area (Å²) in [5.74, 6) is -1.20. The lowest BCUT2D eigenvalue weighted by atomic mass is 10.1. The Morgan fingerprint density at radius 1 is 1.38 bits per heavy atom.